The third-order valence-corrected chi connectivity index (χ3v) is 7.07. The number of rotatable bonds is 6. The molecule has 142 valence electrons. The monoisotopic (exact) mass is 431 g/mol. The molecular formula is C19H14ClN3O3S2. The third-order valence-electron chi connectivity index (χ3n) is 3.92. The fraction of sp³-hybridized carbons (Fsp3) is 0.0526. The predicted octanol–water partition coefficient (Wildman–Crippen LogP) is 4.84. The first kappa shape index (κ1) is 18.7. The zero-order chi connectivity index (χ0) is 19.6. The van der Waals surface area contributed by atoms with Gasteiger partial charge in [0, 0.05) is 22.7 Å². The standard InChI is InChI=1S/C19H14ClN3O3S2/c20-16-5-2-1-4-14(16)12-17-21-19(26-22-17)13-7-9-15(10-8-13)23-28(24,25)18-6-3-11-27-18/h1-11,23H,12H2. The van der Waals surface area contributed by atoms with E-state index >= 15 is 0 Å². The zero-order valence-corrected chi connectivity index (χ0v) is 16.8. The molecule has 2 aromatic carbocycles. The molecule has 0 bridgehead atoms. The van der Waals surface area contributed by atoms with Crippen LogP contribution in [-0.2, 0) is 16.4 Å². The summed E-state index contributed by atoms with van der Waals surface area (Å²) in [6, 6.07) is 17.5. The van der Waals surface area contributed by atoms with Gasteiger partial charge in [-0.2, -0.15) is 4.98 Å². The molecule has 4 rings (SSSR count). The molecule has 0 unspecified atom stereocenters. The molecule has 0 aliphatic carbocycles. The highest BCUT2D eigenvalue weighted by atomic mass is 35.5. The molecule has 9 heteroatoms. The van der Waals surface area contributed by atoms with Crippen molar-refractivity contribution in [3.05, 3.63) is 82.5 Å². The van der Waals surface area contributed by atoms with Crippen molar-refractivity contribution in [1.29, 1.82) is 0 Å². The van der Waals surface area contributed by atoms with Crippen molar-refractivity contribution in [3.8, 4) is 11.5 Å². The Kier molecular flexibility index (Phi) is 5.17. The summed E-state index contributed by atoms with van der Waals surface area (Å²) in [5.41, 5.74) is 2.06. The number of anilines is 1. The molecule has 28 heavy (non-hydrogen) atoms. The summed E-state index contributed by atoms with van der Waals surface area (Å²) < 4.78 is 32.7. The molecule has 0 aliphatic rings. The van der Waals surface area contributed by atoms with Crippen molar-refractivity contribution in [3.63, 3.8) is 0 Å². The van der Waals surface area contributed by atoms with Crippen molar-refractivity contribution in [2.75, 3.05) is 4.72 Å². The quantitative estimate of drug-likeness (QED) is 0.472. The Hall–Kier alpha value is -2.68. The molecule has 0 fully saturated rings. The first-order chi connectivity index (χ1) is 13.5. The van der Waals surface area contributed by atoms with E-state index in [9.17, 15) is 8.42 Å². The number of nitrogens with zero attached hydrogens (tertiary/aromatic N) is 2. The summed E-state index contributed by atoms with van der Waals surface area (Å²) >= 11 is 7.32. The van der Waals surface area contributed by atoms with Crippen LogP contribution in [0.2, 0.25) is 5.02 Å². The highest BCUT2D eigenvalue weighted by Gasteiger charge is 2.16. The van der Waals surface area contributed by atoms with E-state index in [0.29, 0.717) is 34.4 Å². The summed E-state index contributed by atoms with van der Waals surface area (Å²) in [6.07, 6.45) is 0.460. The molecule has 0 radical (unpaired) electrons. The van der Waals surface area contributed by atoms with Gasteiger partial charge in [-0.05, 0) is 47.3 Å². The summed E-state index contributed by atoms with van der Waals surface area (Å²) in [6.45, 7) is 0. The van der Waals surface area contributed by atoms with E-state index in [-0.39, 0.29) is 4.21 Å². The maximum atomic E-state index is 12.3. The van der Waals surface area contributed by atoms with Gasteiger partial charge in [-0.25, -0.2) is 8.42 Å². The number of aromatic nitrogens is 2. The molecule has 0 amide bonds. The van der Waals surface area contributed by atoms with Gasteiger partial charge in [-0.15, -0.1) is 11.3 Å². The van der Waals surface area contributed by atoms with Gasteiger partial charge >= 0.3 is 0 Å². The third kappa shape index (κ3) is 4.09. The van der Waals surface area contributed by atoms with Gasteiger partial charge in [0.25, 0.3) is 15.9 Å². The second kappa shape index (κ2) is 7.75. The molecular weight excluding hydrogens is 418 g/mol. The van der Waals surface area contributed by atoms with Crippen molar-refractivity contribution < 1.29 is 12.9 Å². The van der Waals surface area contributed by atoms with Crippen LogP contribution in [0.3, 0.4) is 0 Å². The maximum Gasteiger partial charge on any atom is 0.271 e. The minimum absolute atomic E-state index is 0.262. The average Bonchev–Trinajstić information content (AvgIpc) is 3.36. The molecule has 0 saturated heterocycles. The molecule has 0 atom stereocenters. The van der Waals surface area contributed by atoms with Crippen molar-refractivity contribution in [1.82, 2.24) is 10.1 Å². The number of hydrogen-bond acceptors (Lipinski definition) is 6. The van der Waals surface area contributed by atoms with Gasteiger partial charge in [0.1, 0.15) is 4.21 Å². The van der Waals surface area contributed by atoms with Crippen LogP contribution in [0.25, 0.3) is 11.5 Å². The summed E-state index contributed by atoms with van der Waals surface area (Å²) in [4.78, 5) is 4.39. The number of thiophene rings is 1. The lowest BCUT2D eigenvalue weighted by molar-refractivity contribution is 0.424. The van der Waals surface area contributed by atoms with Crippen molar-refractivity contribution in [2.45, 2.75) is 10.6 Å². The van der Waals surface area contributed by atoms with Crippen LogP contribution >= 0.6 is 22.9 Å². The highest BCUT2D eigenvalue weighted by molar-refractivity contribution is 7.94. The summed E-state index contributed by atoms with van der Waals surface area (Å²) in [5, 5.41) is 6.35. The van der Waals surface area contributed by atoms with Gasteiger partial charge in [0.2, 0.25) is 0 Å². The van der Waals surface area contributed by atoms with E-state index in [0.717, 1.165) is 16.9 Å². The molecule has 2 aromatic heterocycles. The van der Waals surface area contributed by atoms with Crippen LogP contribution in [0, 0.1) is 0 Å². The number of halogens is 1. The highest BCUT2D eigenvalue weighted by Crippen LogP contribution is 2.24. The number of benzene rings is 2. The van der Waals surface area contributed by atoms with Gasteiger partial charge < -0.3 is 4.52 Å². The fourth-order valence-corrected chi connectivity index (χ4v) is 4.81. The zero-order valence-electron chi connectivity index (χ0n) is 14.4. The first-order valence-corrected chi connectivity index (χ1v) is 11.0. The minimum atomic E-state index is -3.58. The number of nitrogens with one attached hydrogen (secondary N) is 1. The van der Waals surface area contributed by atoms with E-state index < -0.39 is 10.0 Å². The molecule has 0 aliphatic heterocycles. The van der Waals surface area contributed by atoms with Crippen LogP contribution in [0.5, 0.6) is 0 Å². The van der Waals surface area contributed by atoms with Gasteiger partial charge in [0.05, 0.1) is 0 Å². The smallest absolute Gasteiger partial charge is 0.271 e. The normalized spacial score (nSPS) is 11.5. The minimum Gasteiger partial charge on any atom is -0.334 e. The lowest BCUT2D eigenvalue weighted by Gasteiger charge is -2.06. The second-order valence-corrected chi connectivity index (χ2v) is 9.16. The van der Waals surface area contributed by atoms with Crippen molar-refractivity contribution >= 4 is 38.6 Å². The van der Waals surface area contributed by atoms with Gasteiger partial charge in [-0.3, -0.25) is 4.72 Å². The van der Waals surface area contributed by atoms with E-state index in [2.05, 4.69) is 14.9 Å². The van der Waals surface area contributed by atoms with Crippen LogP contribution in [0.1, 0.15) is 11.4 Å². The molecule has 0 spiro atoms. The largest absolute Gasteiger partial charge is 0.334 e. The summed E-state index contributed by atoms with van der Waals surface area (Å²) in [5.74, 6) is 0.875. The second-order valence-electron chi connectivity index (χ2n) is 5.90. The molecule has 6 nitrogen and oxygen atoms in total. The van der Waals surface area contributed by atoms with Crippen LogP contribution in [-0.4, -0.2) is 18.6 Å². The van der Waals surface area contributed by atoms with Crippen molar-refractivity contribution in [2.24, 2.45) is 0 Å². The molecule has 1 N–H and O–H groups in total. The lowest BCUT2D eigenvalue weighted by Crippen LogP contribution is -2.11. The maximum absolute atomic E-state index is 12.3. The number of sulfonamides is 1. The van der Waals surface area contributed by atoms with E-state index in [1.165, 1.54) is 0 Å². The Morgan fingerprint density at radius 3 is 2.54 bits per heavy atom. The molecule has 0 saturated carbocycles. The Labute approximate surface area is 170 Å². The van der Waals surface area contributed by atoms with E-state index in [1.807, 2.05) is 24.3 Å². The van der Waals surface area contributed by atoms with Gasteiger partial charge in [-0.1, -0.05) is 41.0 Å². The topological polar surface area (TPSA) is 85.1 Å². The Bertz CT molecular complexity index is 1190. The van der Waals surface area contributed by atoms with E-state index in [1.54, 1.807) is 41.8 Å². The van der Waals surface area contributed by atoms with E-state index in [4.69, 9.17) is 16.1 Å². The summed E-state index contributed by atoms with van der Waals surface area (Å²) in [7, 11) is -3.58. The van der Waals surface area contributed by atoms with Crippen LogP contribution in [0.15, 0.2) is 74.8 Å². The Morgan fingerprint density at radius 2 is 1.82 bits per heavy atom. The molecule has 4 aromatic rings. The van der Waals surface area contributed by atoms with Crippen LogP contribution < -0.4 is 4.72 Å². The fourth-order valence-electron chi connectivity index (χ4n) is 2.56. The predicted molar refractivity (Wildman–Crippen MR) is 109 cm³/mol. The first-order valence-electron chi connectivity index (χ1n) is 8.24. The average molecular weight is 432 g/mol. The van der Waals surface area contributed by atoms with Crippen LogP contribution in [0.4, 0.5) is 5.69 Å². The Morgan fingerprint density at radius 1 is 1.04 bits per heavy atom. The van der Waals surface area contributed by atoms with Gasteiger partial charge in [0.15, 0.2) is 5.82 Å². The SMILES string of the molecule is O=S(=O)(Nc1ccc(-c2nc(Cc3ccccc3Cl)no2)cc1)c1cccs1. The Balaban J connectivity index is 1.49. The molecule has 2 heterocycles. The number of hydrogen-bond donors (Lipinski definition) is 1. The lowest BCUT2D eigenvalue weighted by atomic mass is 10.1.